The normalized spacial score (nSPS) is 13.2. The first-order valence-electron chi connectivity index (χ1n) is 7.85. The maximum atomic E-state index is 10.2. The van der Waals surface area contributed by atoms with Crippen LogP contribution in [0.1, 0.15) is 71.1 Å². The van der Waals surface area contributed by atoms with Gasteiger partial charge in [0.15, 0.2) is 0 Å². The summed E-state index contributed by atoms with van der Waals surface area (Å²) in [5, 5.41) is 12.7. The van der Waals surface area contributed by atoms with Crippen molar-refractivity contribution >= 4 is 17.9 Å². The predicted octanol–water partition coefficient (Wildman–Crippen LogP) is 2.82. The number of unbranched alkanes of at least 4 members (excludes halogenated alkanes) is 8. The average Bonchev–Trinajstić information content (AvgIpc) is 2.81. The molecule has 1 aliphatic heterocycles. The first kappa shape index (κ1) is 19.4. The van der Waals surface area contributed by atoms with Gasteiger partial charge in [0.05, 0.1) is 6.54 Å². The van der Waals surface area contributed by atoms with Gasteiger partial charge in [-0.25, -0.2) is 4.79 Å². The number of urea groups is 1. The van der Waals surface area contributed by atoms with Crippen LogP contribution in [0, 0.1) is 0 Å². The van der Waals surface area contributed by atoms with Gasteiger partial charge in [0, 0.05) is 6.42 Å². The number of hydrogen-bond acceptors (Lipinski definition) is 3. The highest BCUT2D eigenvalue weighted by atomic mass is 16.4. The molecule has 0 bridgehead atoms. The third kappa shape index (κ3) is 14.6. The van der Waals surface area contributed by atoms with Crippen LogP contribution in [0.15, 0.2) is 0 Å². The fraction of sp³-hybridized carbons (Fsp3) is 0.800. The minimum absolute atomic E-state index is 0.124. The number of carbonyl (C=O) groups is 3. The van der Waals surface area contributed by atoms with Crippen molar-refractivity contribution in [1.29, 1.82) is 0 Å². The van der Waals surface area contributed by atoms with E-state index in [9.17, 15) is 14.4 Å². The highest BCUT2D eigenvalue weighted by Crippen LogP contribution is 2.10. The lowest BCUT2D eigenvalue weighted by atomic mass is 10.1. The Kier molecular flexibility index (Phi) is 12.4. The number of amides is 3. The smallest absolute Gasteiger partial charge is 0.321 e. The second-order valence-electron chi connectivity index (χ2n) is 5.20. The molecule has 0 unspecified atom stereocenters. The van der Waals surface area contributed by atoms with Crippen molar-refractivity contribution < 1.29 is 19.5 Å². The van der Waals surface area contributed by atoms with Crippen LogP contribution in [0.2, 0.25) is 0 Å². The van der Waals surface area contributed by atoms with Crippen molar-refractivity contribution in [3.05, 3.63) is 0 Å². The summed E-state index contributed by atoms with van der Waals surface area (Å²) >= 11 is 0. The Morgan fingerprint density at radius 2 is 1.52 bits per heavy atom. The third-order valence-electron chi connectivity index (χ3n) is 3.16. The summed E-state index contributed by atoms with van der Waals surface area (Å²) in [7, 11) is 0. The molecular formula is C15H28N2O4. The zero-order valence-electron chi connectivity index (χ0n) is 13.0. The van der Waals surface area contributed by atoms with Crippen LogP contribution in [0.3, 0.4) is 0 Å². The number of carbonyl (C=O) groups excluding carboxylic acids is 2. The number of rotatable bonds is 10. The van der Waals surface area contributed by atoms with E-state index in [1.54, 1.807) is 0 Å². The molecule has 0 atom stereocenters. The summed E-state index contributed by atoms with van der Waals surface area (Å²) in [4.78, 5) is 30.3. The Morgan fingerprint density at radius 1 is 1.00 bits per heavy atom. The Bertz CT molecular complexity index is 305. The number of aliphatic carboxylic acids is 1. The second-order valence-corrected chi connectivity index (χ2v) is 5.20. The molecule has 0 aromatic heterocycles. The summed E-state index contributed by atoms with van der Waals surface area (Å²) in [5.74, 6) is -0.919. The summed E-state index contributed by atoms with van der Waals surface area (Å²) in [6.45, 7) is 2.35. The molecule has 1 rings (SSSR count). The van der Waals surface area contributed by atoms with Gasteiger partial charge in [-0.3, -0.25) is 14.9 Å². The van der Waals surface area contributed by atoms with Crippen LogP contribution in [0.5, 0.6) is 0 Å². The first-order chi connectivity index (χ1) is 10.1. The van der Waals surface area contributed by atoms with Gasteiger partial charge in [0.2, 0.25) is 5.91 Å². The Labute approximate surface area is 126 Å². The minimum atomic E-state index is -0.659. The van der Waals surface area contributed by atoms with E-state index >= 15 is 0 Å². The SMILES string of the molecule is CCCCCCCCCCCC(=O)O.O=C1CNC(=O)N1. The maximum Gasteiger partial charge on any atom is 0.321 e. The number of nitrogens with one attached hydrogen (secondary N) is 2. The van der Waals surface area contributed by atoms with Crippen molar-refractivity contribution in [2.24, 2.45) is 0 Å². The molecule has 1 heterocycles. The van der Waals surface area contributed by atoms with Gasteiger partial charge in [-0.1, -0.05) is 58.3 Å². The van der Waals surface area contributed by atoms with E-state index in [4.69, 9.17) is 5.11 Å². The van der Waals surface area contributed by atoms with E-state index < -0.39 is 12.0 Å². The van der Waals surface area contributed by atoms with E-state index in [1.165, 1.54) is 44.9 Å². The molecule has 6 heteroatoms. The maximum absolute atomic E-state index is 10.2. The van der Waals surface area contributed by atoms with Crippen LogP contribution >= 0.6 is 0 Å². The van der Waals surface area contributed by atoms with E-state index in [0.29, 0.717) is 6.42 Å². The van der Waals surface area contributed by atoms with Crippen molar-refractivity contribution in [3.8, 4) is 0 Å². The monoisotopic (exact) mass is 300 g/mol. The lowest BCUT2D eigenvalue weighted by molar-refractivity contribution is -0.137. The van der Waals surface area contributed by atoms with Gasteiger partial charge in [-0.05, 0) is 6.42 Å². The van der Waals surface area contributed by atoms with Crippen LogP contribution < -0.4 is 10.6 Å². The largest absolute Gasteiger partial charge is 0.481 e. The van der Waals surface area contributed by atoms with Gasteiger partial charge in [-0.15, -0.1) is 0 Å². The van der Waals surface area contributed by atoms with E-state index in [2.05, 4.69) is 12.2 Å². The molecule has 122 valence electrons. The highest BCUT2D eigenvalue weighted by Gasteiger charge is 2.14. The van der Waals surface area contributed by atoms with Gasteiger partial charge >= 0.3 is 12.0 Å². The molecule has 6 nitrogen and oxygen atoms in total. The highest BCUT2D eigenvalue weighted by molar-refractivity contribution is 6.01. The molecular weight excluding hydrogens is 272 g/mol. The molecule has 0 aromatic carbocycles. The third-order valence-corrected chi connectivity index (χ3v) is 3.16. The molecule has 3 N–H and O–H groups in total. The molecule has 0 aromatic rings. The summed E-state index contributed by atoms with van der Waals surface area (Å²) in [5.41, 5.74) is 0. The quantitative estimate of drug-likeness (QED) is 0.427. The molecule has 0 radical (unpaired) electrons. The Balaban J connectivity index is 0.000000471. The van der Waals surface area contributed by atoms with Crippen LogP contribution in [-0.2, 0) is 9.59 Å². The molecule has 0 spiro atoms. The summed E-state index contributed by atoms with van der Waals surface area (Å²) in [6, 6.07) is -0.398. The molecule has 0 saturated carbocycles. The lowest BCUT2D eigenvalue weighted by Crippen LogP contribution is -2.22. The summed E-state index contributed by atoms with van der Waals surface area (Å²) < 4.78 is 0. The van der Waals surface area contributed by atoms with Crippen LogP contribution in [-0.4, -0.2) is 29.6 Å². The molecule has 1 saturated heterocycles. The number of carboxylic acid groups (broad SMARTS) is 1. The topological polar surface area (TPSA) is 95.5 Å². The minimum Gasteiger partial charge on any atom is -0.481 e. The number of imide groups is 1. The van der Waals surface area contributed by atoms with E-state index in [1.807, 2.05) is 5.32 Å². The standard InChI is InChI=1S/C12H24O2.C3H4N2O2/c1-2-3-4-5-6-7-8-9-10-11-12(13)14;6-2-1-4-3(7)5-2/h2-11H2,1H3,(H,13,14);1H2,(H2,4,5,6,7). The molecule has 3 amide bonds. The van der Waals surface area contributed by atoms with Gasteiger partial charge in [-0.2, -0.15) is 0 Å². The van der Waals surface area contributed by atoms with Gasteiger partial charge in [0.25, 0.3) is 0 Å². The molecule has 0 aliphatic carbocycles. The predicted molar refractivity (Wildman–Crippen MR) is 81.0 cm³/mol. The van der Waals surface area contributed by atoms with Crippen molar-refractivity contribution in [2.45, 2.75) is 71.1 Å². The van der Waals surface area contributed by atoms with Crippen LogP contribution in [0.25, 0.3) is 0 Å². The van der Waals surface area contributed by atoms with Gasteiger partial charge in [0.1, 0.15) is 0 Å². The fourth-order valence-electron chi connectivity index (χ4n) is 1.96. The first-order valence-corrected chi connectivity index (χ1v) is 7.85. The lowest BCUT2D eigenvalue weighted by Gasteiger charge is -2.00. The number of hydrogen-bond donors (Lipinski definition) is 3. The fourth-order valence-corrected chi connectivity index (χ4v) is 1.96. The van der Waals surface area contributed by atoms with Crippen molar-refractivity contribution in [1.82, 2.24) is 10.6 Å². The summed E-state index contributed by atoms with van der Waals surface area (Å²) in [6.07, 6.45) is 11.5. The van der Waals surface area contributed by atoms with E-state index in [-0.39, 0.29) is 12.5 Å². The Hall–Kier alpha value is -1.59. The Morgan fingerprint density at radius 3 is 1.86 bits per heavy atom. The average molecular weight is 300 g/mol. The zero-order chi connectivity index (χ0) is 15.9. The molecule has 1 fully saturated rings. The number of carboxylic acids is 1. The van der Waals surface area contributed by atoms with Crippen molar-refractivity contribution in [2.75, 3.05) is 6.54 Å². The van der Waals surface area contributed by atoms with Gasteiger partial charge < -0.3 is 10.4 Å². The molecule has 1 aliphatic rings. The van der Waals surface area contributed by atoms with Crippen molar-refractivity contribution in [3.63, 3.8) is 0 Å². The van der Waals surface area contributed by atoms with E-state index in [0.717, 1.165) is 12.8 Å². The second kappa shape index (κ2) is 13.4. The zero-order valence-corrected chi connectivity index (χ0v) is 13.0. The van der Waals surface area contributed by atoms with Crippen LogP contribution in [0.4, 0.5) is 4.79 Å². The molecule has 21 heavy (non-hydrogen) atoms.